The molecule has 72 valence electrons. The summed E-state index contributed by atoms with van der Waals surface area (Å²) < 4.78 is 25.0. The van der Waals surface area contributed by atoms with E-state index >= 15 is 0 Å². The molecule has 0 amide bonds. The van der Waals surface area contributed by atoms with Gasteiger partial charge in [0.1, 0.15) is 11.6 Å². The van der Waals surface area contributed by atoms with Gasteiger partial charge in [-0.3, -0.25) is 0 Å². The molecule has 13 heavy (non-hydrogen) atoms. The maximum absolute atomic E-state index is 12.5. The molecule has 0 saturated carbocycles. The molecule has 0 aliphatic heterocycles. The average molecular weight is 184 g/mol. The summed E-state index contributed by atoms with van der Waals surface area (Å²) in [4.78, 5) is 0. The molecule has 0 radical (unpaired) electrons. The predicted molar refractivity (Wildman–Crippen MR) is 51.6 cm³/mol. The van der Waals surface area contributed by atoms with Crippen molar-refractivity contribution in [3.8, 4) is 0 Å². The van der Waals surface area contributed by atoms with Gasteiger partial charge in [-0.05, 0) is 24.1 Å². The van der Waals surface area contributed by atoms with E-state index in [0.29, 0.717) is 12.0 Å². The van der Waals surface area contributed by atoms with Crippen LogP contribution in [0.1, 0.15) is 19.4 Å². The quantitative estimate of drug-likeness (QED) is 0.614. The molecular weight excluding hydrogens is 170 g/mol. The van der Waals surface area contributed by atoms with Gasteiger partial charge in [0.2, 0.25) is 0 Å². The molecule has 0 aliphatic rings. The average Bonchev–Trinajstić information content (AvgIpc) is 2.06. The van der Waals surface area contributed by atoms with Crippen LogP contribution in [0.3, 0.4) is 0 Å². The Bertz CT molecular complexity index is 247. The molecule has 0 nitrogen and oxygen atoms in total. The fraction of sp³-hybridized carbons (Fsp3) is 0.273. The van der Waals surface area contributed by atoms with Crippen LogP contribution in [-0.4, -0.2) is 0 Å². The molecule has 0 fully saturated rings. The third kappa shape index (κ3) is 4.41. The Hall–Kier alpha value is -1.18. The number of hydrogen-bond acceptors (Lipinski definition) is 0. The van der Waals surface area contributed by atoms with Crippen LogP contribution >= 0.6 is 0 Å². The van der Waals surface area contributed by atoms with Crippen molar-refractivity contribution in [1.82, 2.24) is 0 Å². The van der Waals surface area contributed by atoms with E-state index in [9.17, 15) is 8.78 Å². The Kier molecular flexibility index (Phi) is 5.77. The Labute approximate surface area is 77.9 Å². The van der Waals surface area contributed by atoms with E-state index in [4.69, 9.17) is 0 Å². The zero-order valence-corrected chi connectivity index (χ0v) is 7.98. The van der Waals surface area contributed by atoms with Gasteiger partial charge >= 0.3 is 0 Å². The molecule has 0 atom stereocenters. The molecule has 1 rings (SSSR count). The van der Waals surface area contributed by atoms with Crippen LogP contribution < -0.4 is 0 Å². The van der Waals surface area contributed by atoms with Crippen molar-refractivity contribution in [1.29, 1.82) is 0 Å². The number of hydrogen-bond donors (Lipinski definition) is 0. The first kappa shape index (κ1) is 11.8. The second-order valence-electron chi connectivity index (χ2n) is 2.27. The molecule has 0 N–H and O–H groups in total. The van der Waals surface area contributed by atoms with Gasteiger partial charge in [0, 0.05) is 6.07 Å². The highest BCUT2D eigenvalue weighted by Gasteiger charge is 1.97. The minimum Gasteiger partial charge on any atom is -0.207 e. The summed E-state index contributed by atoms with van der Waals surface area (Å²) in [5, 5.41) is 0. The summed E-state index contributed by atoms with van der Waals surface area (Å²) in [7, 11) is 0. The first-order valence-electron chi connectivity index (χ1n) is 4.28. The van der Waals surface area contributed by atoms with Crippen LogP contribution in [0.15, 0.2) is 30.9 Å². The van der Waals surface area contributed by atoms with Crippen molar-refractivity contribution in [2.24, 2.45) is 0 Å². The fourth-order valence-electron chi connectivity index (χ4n) is 0.895. The van der Waals surface area contributed by atoms with Gasteiger partial charge < -0.3 is 0 Å². The van der Waals surface area contributed by atoms with Gasteiger partial charge in [-0.15, -0.1) is 6.58 Å². The Morgan fingerprint density at radius 2 is 1.62 bits per heavy atom. The number of halogens is 2. The highest BCUT2D eigenvalue weighted by molar-refractivity contribution is 5.19. The first-order chi connectivity index (χ1) is 6.22. The molecule has 0 bridgehead atoms. The van der Waals surface area contributed by atoms with E-state index in [0.717, 1.165) is 6.07 Å². The summed E-state index contributed by atoms with van der Waals surface area (Å²) in [6, 6.07) is 3.45. The first-order valence-corrected chi connectivity index (χ1v) is 4.28. The van der Waals surface area contributed by atoms with Crippen molar-refractivity contribution in [2.75, 3.05) is 0 Å². The molecule has 1 aromatic carbocycles. The van der Waals surface area contributed by atoms with Crippen molar-refractivity contribution < 1.29 is 8.78 Å². The molecule has 0 heterocycles. The summed E-state index contributed by atoms with van der Waals surface area (Å²) in [5.74, 6) is -1.08. The summed E-state index contributed by atoms with van der Waals surface area (Å²) in [6.45, 7) is 7.47. The standard InChI is InChI=1S/C9H8F2.C2H6/c1-2-3-7-4-8(10)6-9(11)5-7;1-2/h2,4-6H,1,3H2;1-2H3. The summed E-state index contributed by atoms with van der Waals surface area (Å²) >= 11 is 0. The Morgan fingerprint density at radius 3 is 2.00 bits per heavy atom. The molecule has 0 unspecified atom stereocenters. The minimum atomic E-state index is -0.540. The van der Waals surface area contributed by atoms with Crippen LogP contribution in [-0.2, 0) is 6.42 Å². The van der Waals surface area contributed by atoms with E-state index in [1.54, 1.807) is 6.08 Å². The summed E-state index contributed by atoms with van der Waals surface area (Å²) in [6.07, 6.45) is 2.10. The maximum Gasteiger partial charge on any atom is 0.126 e. The number of allylic oxidation sites excluding steroid dienone is 1. The largest absolute Gasteiger partial charge is 0.207 e. The molecule has 1 aromatic rings. The van der Waals surface area contributed by atoms with Crippen LogP contribution in [0.4, 0.5) is 8.78 Å². The lowest BCUT2D eigenvalue weighted by Gasteiger charge is -1.96. The number of rotatable bonds is 2. The summed E-state index contributed by atoms with van der Waals surface area (Å²) in [5.41, 5.74) is 0.609. The van der Waals surface area contributed by atoms with E-state index in [-0.39, 0.29) is 0 Å². The fourth-order valence-corrected chi connectivity index (χ4v) is 0.895. The molecule has 0 aromatic heterocycles. The van der Waals surface area contributed by atoms with Crippen LogP contribution in [0.2, 0.25) is 0 Å². The monoisotopic (exact) mass is 184 g/mol. The lowest BCUT2D eigenvalue weighted by Crippen LogP contribution is -1.85. The molecule has 0 saturated heterocycles. The van der Waals surface area contributed by atoms with Crippen LogP contribution in [0.5, 0.6) is 0 Å². The van der Waals surface area contributed by atoms with Crippen LogP contribution in [0.25, 0.3) is 0 Å². The van der Waals surface area contributed by atoms with Crippen molar-refractivity contribution in [3.05, 3.63) is 48.1 Å². The molecule has 0 aliphatic carbocycles. The van der Waals surface area contributed by atoms with Gasteiger partial charge in [-0.1, -0.05) is 19.9 Å². The lowest BCUT2D eigenvalue weighted by molar-refractivity contribution is 0.580. The predicted octanol–water partition coefficient (Wildman–Crippen LogP) is 3.72. The topological polar surface area (TPSA) is 0 Å². The maximum atomic E-state index is 12.5. The third-order valence-electron chi connectivity index (χ3n) is 1.30. The normalized spacial score (nSPS) is 8.62. The van der Waals surface area contributed by atoms with Crippen LogP contribution in [0, 0.1) is 11.6 Å². The zero-order valence-electron chi connectivity index (χ0n) is 7.98. The van der Waals surface area contributed by atoms with Gasteiger partial charge in [0.05, 0.1) is 0 Å². The van der Waals surface area contributed by atoms with Crippen molar-refractivity contribution in [3.63, 3.8) is 0 Å². The van der Waals surface area contributed by atoms with E-state index in [2.05, 4.69) is 6.58 Å². The third-order valence-corrected chi connectivity index (χ3v) is 1.30. The lowest BCUT2D eigenvalue weighted by atomic mass is 10.1. The highest BCUT2D eigenvalue weighted by Crippen LogP contribution is 2.08. The highest BCUT2D eigenvalue weighted by atomic mass is 19.1. The van der Waals surface area contributed by atoms with Crippen molar-refractivity contribution >= 4 is 0 Å². The Balaban J connectivity index is 0.000000671. The van der Waals surface area contributed by atoms with Crippen molar-refractivity contribution in [2.45, 2.75) is 20.3 Å². The van der Waals surface area contributed by atoms with E-state index in [1.807, 2.05) is 13.8 Å². The van der Waals surface area contributed by atoms with Gasteiger partial charge in [0.25, 0.3) is 0 Å². The van der Waals surface area contributed by atoms with Gasteiger partial charge in [-0.25, -0.2) is 8.78 Å². The Morgan fingerprint density at radius 1 is 1.15 bits per heavy atom. The molecule has 0 spiro atoms. The van der Waals surface area contributed by atoms with Gasteiger partial charge in [0.15, 0.2) is 0 Å². The zero-order chi connectivity index (χ0) is 10.3. The second kappa shape index (κ2) is 6.35. The minimum absolute atomic E-state index is 0.495. The second-order valence-corrected chi connectivity index (χ2v) is 2.27. The molecular formula is C11H14F2. The van der Waals surface area contributed by atoms with E-state index < -0.39 is 11.6 Å². The van der Waals surface area contributed by atoms with Gasteiger partial charge in [-0.2, -0.15) is 0 Å². The SMILES string of the molecule is C=CCc1cc(F)cc(F)c1.CC. The number of benzene rings is 1. The van der Waals surface area contributed by atoms with E-state index in [1.165, 1.54) is 12.1 Å². The molecule has 2 heteroatoms. The smallest absolute Gasteiger partial charge is 0.126 e.